The third kappa shape index (κ3) is 5.21. The monoisotopic (exact) mass is 325 g/mol. The summed E-state index contributed by atoms with van der Waals surface area (Å²) < 4.78 is 0. The smallest absolute Gasteiger partial charge is 0.0162 e. The Balaban J connectivity index is 0.000000925. The molecule has 0 amide bonds. The van der Waals surface area contributed by atoms with Gasteiger partial charge in [0.05, 0.1) is 0 Å². The maximum atomic E-state index is 2.39. The lowest BCUT2D eigenvalue weighted by molar-refractivity contribution is 0.348. The first-order valence-corrected chi connectivity index (χ1v) is 9.45. The van der Waals surface area contributed by atoms with Crippen LogP contribution in [0.15, 0.2) is 48.5 Å². The molecule has 1 nitrogen and oxygen atoms in total. The molecule has 132 valence electrons. The van der Waals surface area contributed by atoms with Crippen molar-refractivity contribution in [2.24, 2.45) is 5.92 Å². The number of benzene rings is 2. The second kappa shape index (κ2) is 10.3. The van der Waals surface area contributed by atoms with Crippen molar-refractivity contribution < 1.29 is 0 Å². The maximum absolute atomic E-state index is 2.39. The Labute approximate surface area is 149 Å². The Morgan fingerprint density at radius 1 is 0.750 bits per heavy atom. The molecule has 0 unspecified atom stereocenters. The van der Waals surface area contributed by atoms with E-state index in [1.54, 1.807) is 0 Å². The maximum Gasteiger partial charge on any atom is -0.0162 e. The average molecular weight is 326 g/mol. The van der Waals surface area contributed by atoms with Crippen LogP contribution in [0.2, 0.25) is 0 Å². The van der Waals surface area contributed by atoms with Gasteiger partial charge in [0.2, 0.25) is 0 Å². The van der Waals surface area contributed by atoms with Gasteiger partial charge in [-0.15, -0.1) is 0 Å². The molecule has 0 saturated heterocycles. The first-order chi connectivity index (χ1) is 11.3. The van der Waals surface area contributed by atoms with Crippen molar-refractivity contribution in [1.29, 1.82) is 0 Å². The van der Waals surface area contributed by atoms with Crippen LogP contribution in [-0.2, 0) is 6.42 Å². The van der Waals surface area contributed by atoms with E-state index in [1.807, 2.05) is 13.8 Å². The van der Waals surface area contributed by atoms with Crippen molar-refractivity contribution in [2.75, 3.05) is 0 Å². The zero-order chi connectivity index (χ0) is 16.7. The molecule has 0 heterocycles. The summed E-state index contributed by atoms with van der Waals surface area (Å²) in [5.74, 6) is 1.72. The lowest BCUT2D eigenvalue weighted by Gasteiger charge is -2.26. The van der Waals surface area contributed by atoms with Gasteiger partial charge in [-0.25, -0.2) is 0 Å². The van der Waals surface area contributed by atoms with E-state index in [2.05, 4.69) is 62.4 Å². The van der Waals surface area contributed by atoms with Gasteiger partial charge in [0.25, 0.3) is 0 Å². The minimum absolute atomic E-state index is 0. The Bertz CT molecular complexity index is 560. The van der Waals surface area contributed by atoms with E-state index in [4.69, 9.17) is 0 Å². The summed E-state index contributed by atoms with van der Waals surface area (Å²) in [7, 11) is 0. The standard InChI is InChI=1S/C21H26.C2H6.H3N/c1-3-17-6-10-19(11-7-17)21-14-12-20(13-15-21)18-8-4-16(2)5-9-18;1-2;/h6-7,10-16,18H,3-5,8-9H2,1-2H3;1-2H3;1H3. The van der Waals surface area contributed by atoms with Crippen LogP contribution in [0.1, 0.15) is 70.4 Å². The SMILES string of the molecule is CC.CCc1ccc(-c2ccc(C3CCC(C)CC3)cc2)cc1.N. The van der Waals surface area contributed by atoms with Gasteiger partial charge in [-0.1, -0.05) is 89.1 Å². The van der Waals surface area contributed by atoms with Gasteiger partial charge in [-0.2, -0.15) is 0 Å². The highest BCUT2D eigenvalue weighted by molar-refractivity contribution is 5.64. The summed E-state index contributed by atoms with van der Waals surface area (Å²) in [6, 6.07) is 18.3. The van der Waals surface area contributed by atoms with Crippen LogP contribution in [0.3, 0.4) is 0 Å². The fourth-order valence-electron chi connectivity index (χ4n) is 3.47. The Hall–Kier alpha value is -1.60. The van der Waals surface area contributed by atoms with E-state index in [1.165, 1.54) is 47.9 Å². The molecule has 3 rings (SSSR count). The third-order valence-corrected chi connectivity index (χ3v) is 5.09. The fraction of sp³-hybridized carbons (Fsp3) is 0.478. The molecule has 1 saturated carbocycles. The Morgan fingerprint density at radius 2 is 1.21 bits per heavy atom. The van der Waals surface area contributed by atoms with E-state index in [0.717, 1.165) is 18.3 Å². The molecule has 24 heavy (non-hydrogen) atoms. The molecule has 2 aromatic carbocycles. The first kappa shape index (κ1) is 20.4. The van der Waals surface area contributed by atoms with Crippen LogP contribution in [-0.4, -0.2) is 0 Å². The predicted octanol–water partition coefficient (Wildman–Crippen LogP) is 7.40. The average Bonchev–Trinajstić information content (AvgIpc) is 2.64. The molecule has 3 N–H and O–H groups in total. The van der Waals surface area contributed by atoms with Crippen LogP contribution in [0.4, 0.5) is 0 Å². The molecule has 2 aromatic rings. The van der Waals surface area contributed by atoms with Gasteiger partial charge in [-0.05, 0) is 53.4 Å². The molecule has 1 fully saturated rings. The van der Waals surface area contributed by atoms with Crippen molar-refractivity contribution in [1.82, 2.24) is 6.15 Å². The zero-order valence-electron chi connectivity index (χ0n) is 16.0. The molecule has 1 aliphatic rings. The summed E-state index contributed by atoms with van der Waals surface area (Å²) in [5, 5.41) is 0. The van der Waals surface area contributed by atoms with Gasteiger partial charge in [-0.3, -0.25) is 0 Å². The number of hydrogen-bond acceptors (Lipinski definition) is 1. The van der Waals surface area contributed by atoms with E-state index >= 15 is 0 Å². The lowest BCUT2D eigenvalue weighted by Crippen LogP contribution is -2.10. The minimum atomic E-state index is 0. The summed E-state index contributed by atoms with van der Waals surface area (Å²) in [6.45, 7) is 8.59. The van der Waals surface area contributed by atoms with Crippen molar-refractivity contribution in [3.05, 3.63) is 59.7 Å². The van der Waals surface area contributed by atoms with Gasteiger partial charge < -0.3 is 6.15 Å². The third-order valence-electron chi connectivity index (χ3n) is 5.09. The highest BCUT2D eigenvalue weighted by Crippen LogP contribution is 2.36. The van der Waals surface area contributed by atoms with Gasteiger partial charge >= 0.3 is 0 Å². The van der Waals surface area contributed by atoms with E-state index in [0.29, 0.717) is 0 Å². The Morgan fingerprint density at radius 3 is 1.67 bits per heavy atom. The van der Waals surface area contributed by atoms with Crippen LogP contribution in [0, 0.1) is 5.92 Å². The molecule has 0 atom stereocenters. The van der Waals surface area contributed by atoms with Crippen LogP contribution >= 0.6 is 0 Å². The quantitative estimate of drug-likeness (QED) is 0.627. The van der Waals surface area contributed by atoms with Gasteiger partial charge in [0.1, 0.15) is 0 Å². The molecular weight excluding hydrogens is 290 g/mol. The van der Waals surface area contributed by atoms with Crippen LogP contribution in [0.5, 0.6) is 0 Å². The Kier molecular flexibility index (Phi) is 8.78. The topological polar surface area (TPSA) is 35.0 Å². The lowest BCUT2D eigenvalue weighted by atomic mass is 9.79. The molecule has 1 aliphatic carbocycles. The highest BCUT2D eigenvalue weighted by Gasteiger charge is 2.19. The highest BCUT2D eigenvalue weighted by atomic mass is 14.2. The van der Waals surface area contributed by atoms with E-state index in [9.17, 15) is 0 Å². The van der Waals surface area contributed by atoms with Crippen molar-refractivity contribution in [2.45, 2.75) is 65.7 Å². The predicted molar refractivity (Wildman–Crippen MR) is 108 cm³/mol. The molecule has 0 aromatic heterocycles. The molecule has 0 radical (unpaired) electrons. The second-order valence-electron chi connectivity index (χ2n) is 6.63. The molecule has 1 heteroatoms. The summed E-state index contributed by atoms with van der Waals surface area (Å²) in [6.07, 6.45) is 6.63. The van der Waals surface area contributed by atoms with Crippen molar-refractivity contribution in [3.63, 3.8) is 0 Å². The number of aryl methyl sites for hydroxylation is 1. The summed E-state index contributed by atoms with van der Waals surface area (Å²) in [4.78, 5) is 0. The minimum Gasteiger partial charge on any atom is -0.344 e. The largest absolute Gasteiger partial charge is 0.344 e. The van der Waals surface area contributed by atoms with Crippen molar-refractivity contribution in [3.8, 4) is 11.1 Å². The number of rotatable bonds is 3. The van der Waals surface area contributed by atoms with Gasteiger partial charge in [0, 0.05) is 0 Å². The zero-order valence-corrected chi connectivity index (χ0v) is 16.0. The number of hydrogen-bond donors (Lipinski definition) is 1. The summed E-state index contributed by atoms with van der Waals surface area (Å²) in [5.41, 5.74) is 5.61. The molecule has 0 bridgehead atoms. The van der Waals surface area contributed by atoms with Crippen LogP contribution in [0.25, 0.3) is 11.1 Å². The van der Waals surface area contributed by atoms with Crippen molar-refractivity contribution >= 4 is 0 Å². The first-order valence-electron chi connectivity index (χ1n) is 9.45. The van der Waals surface area contributed by atoms with Gasteiger partial charge in [0.15, 0.2) is 0 Å². The summed E-state index contributed by atoms with van der Waals surface area (Å²) >= 11 is 0. The van der Waals surface area contributed by atoms with Crippen LogP contribution < -0.4 is 6.15 Å². The second-order valence-corrected chi connectivity index (χ2v) is 6.63. The normalized spacial score (nSPS) is 19.7. The molecular formula is C23H35N. The molecule has 0 aliphatic heterocycles. The van der Waals surface area contributed by atoms with E-state index < -0.39 is 0 Å². The molecule has 0 spiro atoms. The fourth-order valence-corrected chi connectivity index (χ4v) is 3.47. The van der Waals surface area contributed by atoms with E-state index in [-0.39, 0.29) is 6.15 Å².